The van der Waals surface area contributed by atoms with Crippen LogP contribution < -0.4 is 9.64 Å². The van der Waals surface area contributed by atoms with Crippen molar-refractivity contribution < 1.29 is 19.0 Å². The SMILES string of the molecule is CC1=C2COCCC2(c2nc(-c3cncc4[nH]ccc34)nc3c2OCC2COCCN32)C1=O. The third-order valence-electron chi connectivity index (χ3n) is 7.45. The van der Waals surface area contributed by atoms with E-state index in [1.54, 1.807) is 12.4 Å². The highest BCUT2D eigenvalue weighted by Gasteiger charge is 2.57. The number of H-pyrrole nitrogens is 1. The lowest BCUT2D eigenvalue weighted by Crippen LogP contribution is -2.55. The minimum Gasteiger partial charge on any atom is -0.486 e. The van der Waals surface area contributed by atoms with Crippen LogP contribution in [0.5, 0.6) is 5.75 Å². The third-order valence-corrected chi connectivity index (χ3v) is 7.45. The second kappa shape index (κ2) is 6.85. The van der Waals surface area contributed by atoms with Crippen molar-refractivity contribution in [3.8, 4) is 17.1 Å². The zero-order valence-corrected chi connectivity index (χ0v) is 18.3. The molecule has 1 aliphatic carbocycles. The number of morpholine rings is 1. The van der Waals surface area contributed by atoms with Gasteiger partial charge in [0.05, 0.1) is 37.6 Å². The molecule has 6 heterocycles. The van der Waals surface area contributed by atoms with Gasteiger partial charge < -0.3 is 24.1 Å². The minimum atomic E-state index is -0.803. The fourth-order valence-corrected chi connectivity index (χ4v) is 5.70. The standard InChI is InChI=1S/C24H23N5O4/c1-13-17-12-31-6-3-24(17,21(13)30)20-19-23(29-5-7-32-10-14(29)11-33-19)28-22(27-20)16-8-25-9-18-15(16)2-4-26-18/h2,4,8-9,14,26H,3,5-7,10-12H2,1H3. The Morgan fingerprint density at radius 3 is 3.06 bits per heavy atom. The highest BCUT2D eigenvalue weighted by Crippen LogP contribution is 2.54. The number of hydrogen-bond acceptors (Lipinski definition) is 8. The van der Waals surface area contributed by atoms with E-state index in [0.717, 1.165) is 40.0 Å². The average molecular weight is 445 g/mol. The first-order valence-corrected chi connectivity index (χ1v) is 11.3. The number of hydrogen-bond donors (Lipinski definition) is 1. The van der Waals surface area contributed by atoms with Crippen molar-refractivity contribution in [3.63, 3.8) is 0 Å². The predicted octanol–water partition coefficient (Wildman–Crippen LogP) is 2.17. The summed E-state index contributed by atoms with van der Waals surface area (Å²) in [5.41, 5.74) is 3.38. The largest absolute Gasteiger partial charge is 0.486 e. The molecule has 3 aromatic rings. The van der Waals surface area contributed by atoms with E-state index < -0.39 is 5.41 Å². The average Bonchev–Trinajstić information content (AvgIpc) is 3.36. The summed E-state index contributed by atoms with van der Waals surface area (Å²) in [4.78, 5) is 33.3. The van der Waals surface area contributed by atoms with Crippen LogP contribution in [0.2, 0.25) is 0 Å². The smallest absolute Gasteiger partial charge is 0.184 e. The molecule has 0 aromatic carbocycles. The van der Waals surface area contributed by atoms with Crippen LogP contribution in [-0.2, 0) is 19.7 Å². The van der Waals surface area contributed by atoms with Gasteiger partial charge in [0.2, 0.25) is 0 Å². The number of ether oxygens (including phenoxy) is 3. The van der Waals surface area contributed by atoms with Crippen LogP contribution in [0.3, 0.4) is 0 Å². The van der Waals surface area contributed by atoms with Crippen LogP contribution in [0.15, 0.2) is 35.8 Å². The molecule has 9 nitrogen and oxygen atoms in total. The molecular formula is C24H23N5O4. The number of Topliss-reactive ketones (excluding diaryl/α,β-unsaturated/α-hetero) is 1. The Labute approximate surface area is 189 Å². The summed E-state index contributed by atoms with van der Waals surface area (Å²) in [6.07, 6.45) is 6.02. The van der Waals surface area contributed by atoms with E-state index in [2.05, 4.69) is 14.9 Å². The number of allylic oxidation sites excluding steroid dienone is 1. The fraction of sp³-hybridized carbons (Fsp3) is 0.417. The maximum Gasteiger partial charge on any atom is 0.184 e. The Balaban J connectivity index is 1.50. The number of nitrogens with zero attached hydrogens (tertiary/aromatic N) is 4. The van der Waals surface area contributed by atoms with E-state index >= 15 is 0 Å². The van der Waals surface area contributed by atoms with E-state index in [-0.39, 0.29) is 11.8 Å². The molecule has 168 valence electrons. The van der Waals surface area contributed by atoms with Crippen LogP contribution >= 0.6 is 0 Å². The van der Waals surface area contributed by atoms with Gasteiger partial charge in [-0.05, 0) is 30.6 Å². The summed E-state index contributed by atoms with van der Waals surface area (Å²) in [7, 11) is 0. The molecule has 4 aliphatic rings. The molecule has 0 radical (unpaired) electrons. The summed E-state index contributed by atoms with van der Waals surface area (Å²) >= 11 is 0. The molecule has 3 aromatic heterocycles. The Morgan fingerprint density at radius 1 is 1.18 bits per heavy atom. The van der Waals surface area contributed by atoms with Crippen LogP contribution in [0, 0.1) is 0 Å². The van der Waals surface area contributed by atoms with E-state index in [1.807, 2.05) is 19.2 Å². The molecule has 2 atom stereocenters. The summed E-state index contributed by atoms with van der Waals surface area (Å²) in [6, 6.07) is 2.09. The van der Waals surface area contributed by atoms with E-state index in [0.29, 0.717) is 56.7 Å². The van der Waals surface area contributed by atoms with Crippen molar-refractivity contribution in [2.75, 3.05) is 44.5 Å². The Morgan fingerprint density at radius 2 is 2.12 bits per heavy atom. The molecule has 1 N–H and O–H groups in total. The quantitative estimate of drug-likeness (QED) is 0.640. The molecule has 2 saturated heterocycles. The molecule has 0 bridgehead atoms. The lowest BCUT2D eigenvalue weighted by molar-refractivity contribution is -0.125. The van der Waals surface area contributed by atoms with Crippen molar-refractivity contribution in [3.05, 3.63) is 41.5 Å². The molecule has 2 unspecified atom stereocenters. The van der Waals surface area contributed by atoms with E-state index in [9.17, 15) is 4.79 Å². The van der Waals surface area contributed by atoms with Crippen LogP contribution in [-0.4, -0.2) is 71.3 Å². The van der Waals surface area contributed by atoms with Crippen molar-refractivity contribution in [2.45, 2.75) is 24.8 Å². The monoisotopic (exact) mass is 445 g/mol. The summed E-state index contributed by atoms with van der Waals surface area (Å²) in [5.74, 6) is 2.01. The fourth-order valence-electron chi connectivity index (χ4n) is 5.70. The first kappa shape index (κ1) is 19.2. The predicted molar refractivity (Wildman–Crippen MR) is 119 cm³/mol. The molecule has 0 amide bonds. The number of ketones is 1. The van der Waals surface area contributed by atoms with E-state index in [1.165, 1.54) is 0 Å². The van der Waals surface area contributed by atoms with Gasteiger partial charge in [-0.1, -0.05) is 0 Å². The number of pyridine rings is 1. The summed E-state index contributed by atoms with van der Waals surface area (Å²) < 4.78 is 17.7. The molecule has 2 fully saturated rings. The second-order valence-electron chi connectivity index (χ2n) is 9.05. The first-order valence-electron chi connectivity index (χ1n) is 11.3. The Kier molecular flexibility index (Phi) is 3.98. The van der Waals surface area contributed by atoms with Gasteiger partial charge in [0.15, 0.2) is 23.2 Å². The van der Waals surface area contributed by atoms with Crippen LogP contribution in [0.25, 0.3) is 22.3 Å². The van der Waals surface area contributed by atoms with Gasteiger partial charge in [0.1, 0.15) is 17.7 Å². The number of fused-ring (bicyclic) bond motifs is 5. The number of nitrogens with one attached hydrogen (secondary N) is 1. The highest BCUT2D eigenvalue weighted by atomic mass is 16.5. The van der Waals surface area contributed by atoms with Crippen LogP contribution in [0.4, 0.5) is 5.82 Å². The van der Waals surface area contributed by atoms with Gasteiger partial charge in [0.25, 0.3) is 0 Å². The van der Waals surface area contributed by atoms with Gasteiger partial charge in [-0.3, -0.25) is 9.78 Å². The number of carbonyl (C=O) groups excluding carboxylic acids is 1. The first-order chi connectivity index (χ1) is 16.2. The van der Waals surface area contributed by atoms with Gasteiger partial charge in [-0.2, -0.15) is 0 Å². The third kappa shape index (κ3) is 2.49. The normalized spacial score (nSPS) is 26.4. The maximum atomic E-state index is 13.4. The number of aromatic amines is 1. The number of rotatable bonds is 2. The molecule has 0 saturated carbocycles. The van der Waals surface area contributed by atoms with E-state index in [4.69, 9.17) is 24.2 Å². The van der Waals surface area contributed by atoms with Gasteiger partial charge >= 0.3 is 0 Å². The number of carbonyl (C=O) groups is 1. The lowest BCUT2D eigenvalue weighted by atomic mass is 9.58. The summed E-state index contributed by atoms with van der Waals surface area (Å²) in [5, 5.41) is 0.988. The Bertz CT molecular complexity index is 1350. The minimum absolute atomic E-state index is 0.0871. The van der Waals surface area contributed by atoms with Crippen molar-refractivity contribution in [1.82, 2.24) is 19.9 Å². The number of anilines is 1. The van der Waals surface area contributed by atoms with Crippen molar-refractivity contribution >= 4 is 22.5 Å². The highest BCUT2D eigenvalue weighted by molar-refractivity contribution is 6.14. The molecule has 9 heteroatoms. The van der Waals surface area contributed by atoms with Gasteiger partial charge in [-0.25, -0.2) is 9.97 Å². The molecule has 0 spiro atoms. The zero-order valence-electron chi connectivity index (χ0n) is 18.3. The summed E-state index contributed by atoms with van der Waals surface area (Å²) in [6.45, 7) is 5.24. The van der Waals surface area contributed by atoms with Gasteiger partial charge in [0, 0.05) is 36.5 Å². The Hall–Kier alpha value is -3.30. The molecule has 3 aliphatic heterocycles. The topological polar surface area (TPSA) is 102 Å². The lowest BCUT2D eigenvalue weighted by Gasteiger charge is -2.48. The molecular weight excluding hydrogens is 422 g/mol. The maximum absolute atomic E-state index is 13.4. The zero-order chi connectivity index (χ0) is 22.2. The van der Waals surface area contributed by atoms with Crippen molar-refractivity contribution in [1.29, 1.82) is 0 Å². The van der Waals surface area contributed by atoms with Crippen molar-refractivity contribution in [2.24, 2.45) is 0 Å². The number of aromatic nitrogens is 4. The van der Waals surface area contributed by atoms with Gasteiger partial charge in [-0.15, -0.1) is 0 Å². The second-order valence-corrected chi connectivity index (χ2v) is 9.05. The molecule has 7 rings (SSSR count). The molecule has 33 heavy (non-hydrogen) atoms. The van der Waals surface area contributed by atoms with Crippen LogP contribution in [0.1, 0.15) is 19.0 Å².